The maximum absolute atomic E-state index is 11.9. The molecule has 2 aromatic rings. The van der Waals surface area contributed by atoms with Crippen molar-refractivity contribution in [3.8, 4) is 11.4 Å². The van der Waals surface area contributed by atoms with Crippen LogP contribution < -0.4 is 5.56 Å². The van der Waals surface area contributed by atoms with Gasteiger partial charge in [0, 0.05) is 18.0 Å². The van der Waals surface area contributed by atoms with Crippen LogP contribution in [0.15, 0.2) is 33.8 Å². The Morgan fingerprint density at radius 3 is 2.83 bits per heavy atom. The Bertz CT molecular complexity index is 593. The van der Waals surface area contributed by atoms with Gasteiger partial charge in [-0.3, -0.25) is 9.78 Å². The van der Waals surface area contributed by atoms with E-state index < -0.39 is 0 Å². The molecule has 0 fully saturated rings. The fraction of sp³-hybridized carbons (Fsp3) is 0.308. The van der Waals surface area contributed by atoms with Crippen LogP contribution in [0.25, 0.3) is 11.4 Å². The molecule has 0 radical (unpaired) electrons. The van der Waals surface area contributed by atoms with Gasteiger partial charge in [0.25, 0.3) is 5.56 Å². The summed E-state index contributed by atoms with van der Waals surface area (Å²) in [5.74, 6) is 1.00. The molecule has 1 N–H and O–H groups in total. The fourth-order valence-electron chi connectivity index (χ4n) is 1.67. The summed E-state index contributed by atoms with van der Waals surface area (Å²) in [6, 6.07) is 3.69. The summed E-state index contributed by atoms with van der Waals surface area (Å²) in [5, 5.41) is 0. The highest BCUT2D eigenvalue weighted by Gasteiger charge is 2.11. The van der Waals surface area contributed by atoms with Crippen LogP contribution >= 0.6 is 15.9 Å². The van der Waals surface area contributed by atoms with E-state index in [-0.39, 0.29) is 5.56 Å². The number of pyridine rings is 1. The van der Waals surface area contributed by atoms with E-state index in [0.717, 1.165) is 17.7 Å². The molecule has 0 saturated heterocycles. The highest BCUT2D eigenvalue weighted by atomic mass is 79.9. The first kappa shape index (κ1) is 13.0. The molecule has 0 atom stereocenters. The Labute approximate surface area is 114 Å². The molecule has 0 bridgehead atoms. The van der Waals surface area contributed by atoms with Crippen LogP contribution in [0.3, 0.4) is 0 Å². The third-order valence-electron chi connectivity index (χ3n) is 2.47. The lowest BCUT2D eigenvalue weighted by atomic mass is 10.1. The van der Waals surface area contributed by atoms with Crippen molar-refractivity contribution < 1.29 is 0 Å². The van der Waals surface area contributed by atoms with Crippen molar-refractivity contribution in [3.05, 3.63) is 45.0 Å². The minimum Gasteiger partial charge on any atom is -0.305 e. The van der Waals surface area contributed by atoms with Gasteiger partial charge in [-0.1, -0.05) is 13.8 Å². The number of aromatic nitrogens is 3. The van der Waals surface area contributed by atoms with Gasteiger partial charge in [-0.2, -0.15) is 0 Å². The van der Waals surface area contributed by atoms with Crippen molar-refractivity contribution in [3.63, 3.8) is 0 Å². The molecule has 0 aliphatic carbocycles. The summed E-state index contributed by atoms with van der Waals surface area (Å²) < 4.78 is 0.517. The Balaban J connectivity index is 2.51. The second kappa shape index (κ2) is 5.44. The summed E-state index contributed by atoms with van der Waals surface area (Å²) in [4.78, 5) is 23.1. The van der Waals surface area contributed by atoms with Crippen molar-refractivity contribution in [2.45, 2.75) is 20.3 Å². The fourth-order valence-corrected chi connectivity index (χ4v) is 2.02. The first-order chi connectivity index (χ1) is 8.58. The molecule has 4 nitrogen and oxygen atoms in total. The first-order valence-electron chi connectivity index (χ1n) is 5.77. The van der Waals surface area contributed by atoms with Crippen molar-refractivity contribution in [1.29, 1.82) is 0 Å². The average molecular weight is 308 g/mol. The highest BCUT2D eigenvalue weighted by molar-refractivity contribution is 9.10. The van der Waals surface area contributed by atoms with Gasteiger partial charge < -0.3 is 4.98 Å². The van der Waals surface area contributed by atoms with E-state index >= 15 is 0 Å². The molecule has 0 spiro atoms. The van der Waals surface area contributed by atoms with Crippen LogP contribution in [0.4, 0.5) is 0 Å². The summed E-state index contributed by atoms with van der Waals surface area (Å²) in [5.41, 5.74) is 1.44. The van der Waals surface area contributed by atoms with E-state index in [0.29, 0.717) is 16.2 Å². The second-order valence-electron chi connectivity index (χ2n) is 4.51. The topological polar surface area (TPSA) is 58.6 Å². The van der Waals surface area contributed by atoms with Crippen LogP contribution in [-0.2, 0) is 6.42 Å². The number of H-pyrrole nitrogens is 1. The average Bonchev–Trinajstić information content (AvgIpc) is 2.35. The quantitative estimate of drug-likeness (QED) is 0.948. The number of nitrogens with one attached hydrogen (secondary N) is 1. The molecule has 94 valence electrons. The largest absolute Gasteiger partial charge is 0.305 e. The predicted molar refractivity (Wildman–Crippen MR) is 74.3 cm³/mol. The van der Waals surface area contributed by atoms with E-state index in [1.807, 2.05) is 12.1 Å². The Kier molecular flexibility index (Phi) is 3.91. The second-order valence-corrected chi connectivity index (χ2v) is 5.31. The van der Waals surface area contributed by atoms with E-state index in [9.17, 15) is 4.79 Å². The van der Waals surface area contributed by atoms with Gasteiger partial charge in [0.1, 0.15) is 10.3 Å². The van der Waals surface area contributed by atoms with Crippen LogP contribution in [-0.4, -0.2) is 15.0 Å². The van der Waals surface area contributed by atoms with Crippen LogP contribution in [0, 0.1) is 5.92 Å². The first-order valence-corrected chi connectivity index (χ1v) is 6.56. The number of hydrogen-bond acceptors (Lipinski definition) is 3. The molecule has 2 aromatic heterocycles. The number of rotatable bonds is 3. The zero-order valence-corrected chi connectivity index (χ0v) is 11.9. The van der Waals surface area contributed by atoms with E-state index in [2.05, 4.69) is 44.7 Å². The zero-order valence-electron chi connectivity index (χ0n) is 10.3. The number of nitrogens with zero attached hydrogens (tertiary/aromatic N) is 2. The van der Waals surface area contributed by atoms with Crippen LogP contribution in [0.5, 0.6) is 0 Å². The summed E-state index contributed by atoms with van der Waals surface area (Å²) in [6.07, 6.45) is 4.14. The zero-order chi connectivity index (χ0) is 13.1. The third kappa shape index (κ3) is 2.85. The number of hydrogen-bond donors (Lipinski definition) is 1. The lowest BCUT2D eigenvalue weighted by molar-refractivity contribution is 0.631. The van der Waals surface area contributed by atoms with Gasteiger partial charge in [0.15, 0.2) is 0 Å². The van der Waals surface area contributed by atoms with Gasteiger partial charge in [-0.25, -0.2) is 4.98 Å². The Morgan fingerprint density at radius 1 is 1.44 bits per heavy atom. The molecule has 0 amide bonds. The predicted octanol–water partition coefficient (Wildman–Crippen LogP) is 2.79. The number of aromatic amines is 1. The molecule has 0 aromatic carbocycles. The van der Waals surface area contributed by atoms with Crippen molar-refractivity contribution >= 4 is 15.9 Å². The maximum atomic E-state index is 11.9. The van der Waals surface area contributed by atoms with Crippen molar-refractivity contribution in [1.82, 2.24) is 15.0 Å². The molecule has 0 unspecified atom stereocenters. The molecular formula is C13H14BrN3O. The smallest absolute Gasteiger partial charge is 0.265 e. The third-order valence-corrected chi connectivity index (χ3v) is 3.29. The molecule has 0 saturated carbocycles. The molecule has 2 heterocycles. The normalized spacial score (nSPS) is 10.9. The van der Waals surface area contributed by atoms with Gasteiger partial charge in [-0.05, 0) is 40.4 Å². The van der Waals surface area contributed by atoms with Crippen LogP contribution in [0.2, 0.25) is 0 Å². The Morgan fingerprint density at radius 2 is 2.22 bits per heavy atom. The molecular weight excluding hydrogens is 294 g/mol. The lowest BCUT2D eigenvalue weighted by Crippen LogP contribution is -2.15. The van der Waals surface area contributed by atoms with Gasteiger partial charge in [0.05, 0.1) is 5.69 Å². The molecule has 0 aliphatic rings. The summed E-state index contributed by atoms with van der Waals surface area (Å²) in [6.45, 7) is 4.19. The molecule has 2 rings (SSSR count). The summed E-state index contributed by atoms with van der Waals surface area (Å²) in [7, 11) is 0. The van der Waals surface area contributed by atoms with Gasteiger partial charge in [-0.15, -0.1) is 0 Å². The molecule has 18 heavy (non-hydrogen) atoms. The molecule has 0 aliphatic heterocycles. The van der Waals surface area contributed by atoms with Crippen LogP contribution in [0.1, 0.15) is 19.5 Å². The van der Waals surface area contributed by atoms with E-state index in [4.69, 9.17) is 0 Å². The van der Waals surface area contributed by atoms with Gasteiger partial charge in [0.2, 0.25) is 0 Å². The maximum Gasteiger partial charge on any atom is 0.265 e. The minimum absolute atomic E-state index is 0.153. The molecule has 5 heteroatoms. The van der Waals surface area contributed by atoms with Crippen molar-refractivity contribution in [2.24, 2.45) is 5.92 Å². The van der Waals surface area contributed by atoms with E-state index in [1.165, 1.54) is 0 Å². The summed E-state index contributed by atoms with van der Waals surface area (Å²) >= 11 is 3.29. The van der Waals surface area contributed by atoms with Crippen molar-refractivity contribution in [2.75, 3.05) is 0 Å². The standard InChI is InChI=1S/C13H14BrN3O/c1-8(2)6-10-11(14)13(18)17-12(16-10)9-4-3-5-15-7-9/h3-5,7-8H,6H2,1-2H3,(H,16,17,18). The Hall–Kier alpha value is -1.49. The number of halogens is 1. The van der Waals surface area contributed by atoms with Gasteiger partial charge >= 0.3 is 0 Å². The monoisotopic (exact) mass is 307 g/mol. The SMILES string of the molecule is CC(C)Cc1nc(-c2cccnc2)[nH]c(=O)c1Br. The highest BCUT2D eigenvalue weighted by Crippen LogP contribution is 2.18. The minimum atomic E-state index is -0.153. The van der Waals surface area contributed by atoms with E-state index in [1.54, 1.807) is 12.4 Å². The lowest BCUT2D eigenvalue weighted by Gasteiger charge is -2.08.